The minimum Gasteiger partial charge on any atom is -0.515 e. The molecular weight excluding hydrogens is 365 g/mol. The van der Waals surface area contributed by atoms with E-state index < -0.39 is 0 Å². The van der Waals surface area contributed by atoms with Crippen molar-refractivity contribution >= 4 is 43.8 Å². The summed E-state index contributed by atoms with van der Waals surface area (Å²) in [5, 5.41) is 13.4. The van der Waals surface area contributed by atoms with Crippen molar-refractivity contribution in [3.8, 4) is 0 Å². The molecule has 3 aromatic rings. The van der Waals surface area contributed by atoms with E-state index in [0.717, 1.165) is 6.26 Å². The molecule has 0 unspecified atom stereocenters. The molecule has 0 amide bonds. The van der Waals surface area contributed by atoms with Gasteiger partial charge in [0, 0.05) is 26.5 Å². The van der Waals surface area contributed by atoms with Gasteiger partial charge in [-0.25, -0.2) is 5.54 Å². The van der Waals surface area contributed by atoms with Crippen LogP contribution in [0.5, 0.6) is 0 Å². The van der Waals surface area contributed by atoms with Crippen molar-refractivity contribution in [1.29, 1.82) is 0 Å². The van der Waals surface area contributed by atoms with Crippen LogP contribution in [0.2, 0.25) is 0 Å². The second-order valence-corrected chi connectivity index (χ2v) is 5.73. The standard InChI is InChI=1S/C16H11BrFN3O2/c17-9-5-6-10(14(7-9)20-18)12(8-22)15-16(21-23)11-3-1-2-4-13(11)19-15/h1-8,19-20,22H/b12-8-. The lowest BCUT2D eigenvalue weighted by atomic mass is 10.0. The number of aliphatic hydroxyl groups excluding tert-OH is 1. The number of fused-ring (bicyclic) bond motifs is 1. The molecule has 5 nitrogen and oxygen atoms in total. The van der Waals surface area contributed by atoms with Gasteiger partial charge in [0.2, 0.25) is 0 Å². The number of aromatic amines is 1. The largest absolute Gasteiger partial charge is 0.515 e. The van der Waals surface area contributed by atoms with Crippen LogP contribution in [0.4, 0.5) is 15.9 Å². The Labute approximate surface area is 138 Å². The zero-order valence-corrected chi connectivity index (χ0v) is 13.3. The summed E-state index contributed by atoms with van der Waals surface area (Å²) in [7, 11) is 0. The molecule has 0 saturated heterocycles. The van der Waals surface area contributed by atoms with E-state index in [0.29, 0.717) is 26.6 Å². The topological polar surface area (TPSA) is 77.5 Å². The molecule has 3 rings (SSSR count). The van der Waals surface area contributed by atoms with Crippen molar-refractivity contribution in [2.45, 2.75) is 0 Å². The van der Waals surface area contributed by atoms with Crippen LogP contribution < -0.4 is 5.54 Å². The fraction of sp³-hybridized carbons (Fsp3) is 0. The van der Waals surface area contributed by atoms with Crippen LogP contribution in [0, 0.1) is 4.91 Å². The summed E-state index contributed by atoms with van der Waals surface area (Å²) in [6.07, 6.45) is 0.823. The second-order valence-electron chi connectivity index (χ2n) is 4.81. The Hall–Kier alpha value is -2.67. The van der Waals surface area contributed by atoms with E-state index in [4.69, 9.17) is 0 Å². The normalized spacial score (nSPS) is 11.7. The first-order valence-electron chi connectivity index (χ1n) is 6.65. The SMILES string of the molecule is O=Nc1c(/C(=C\O)c2ccc(Br)cc2NF)[nH]c2ccccc12. The highest BCUT2D eigenvalue weighted by atomic mass is 79.9. The molecule has 23 heavy (non-hydrogen) atoms. The Balaban J connectivity index is 2.26. The van der Waals surface area contributed by atoms with Gasteiger partial charge in [-0.2, -0.15) is 0 Å². The molecular formula is C16H11BrFN3O2. The zero-order chi connectivity index (χ0) is 16.4. The smallest absolute Gasteiger partial charge is 0.141 e. The minimum absolute atomic E-state index is 0.148. The second kappa shape index (κ2) is 6.21. The number of anilines is 1. The number of hydrogen-bond donors (Lipinski definition) is 3. The average Bonchev–Trinajstić information content (AvgIpc) is 2.94. The summed E-state index contributed by atoms with van der Waals surface area (Å²) in [5.74, 6) is 0. The van der Waals surface area contributed by atoms with Crippen LogP contribution in [0.1, 0.15) is 11.3 Å². The van der Waals surface area contributed by atoms with Gasteiger partial charge in [-0.15, -0.1) is 9.39 Å². The summed E-state index contributed by atoms with van der Waals surface area (Å²) < 4.78 is 13.8. The Morgan fingerprint density at radius 3 is 2.78 bits per heavy atom. The van der Waals surface area contributed by atoms with Crippen LogP contribution >= 0.6 is 15.9 Å². The van der Waals surface area contributed by atoms with Crippen LogP contribution in [0.15, 0.2) is 58.4 Å². The number of hydrogen-bond acceptors (Lipinski definition) is 4. The average molecular weight is 376 g/mol. The van der Waals surface area contributed by atoms with E-state index in [1.165, 1.54) is 6.07 Å². The maximum absolute atomic E-state index is 13.1. The Morgan fingerprint density at radius 2 is 2.09 bits per heavy atom. The molecule has 0 aliphatic carbocycles. The minimum atomic E-state index is 0.148. The van der Waals surface area contributed by atoms with Crippen molar-refractivity contribution in [2.75, 3.05) is 5.54 Å². The number of nitrogens with one attached hydrogen (secondary N) is 2. The molecule has 0 aliphatic heterocycles. The highest BCUT2D eigenvalue weighted by Crippen LogP contribution is 2.39. The fourth-order valence-electron chi connectivity index (χ4n) is 2.52. The molecule has 0 aliphatic rings. The van der Waals surface area contributed by atoms with Crippen molar-refractivity contribution in [1.82, 2.24) is 4.98 Å². The predicted molar refractivity (Wildman–Crippen MR) is 92.3 cm³/mol. The molecule has 1 heterocycles. The maximum atomic E-state index is 13.1. The van der Waals surface area contributed by atoms with Gasteiger partial charge >= 0.3 is 0 Å². The number of H-pyrrole nitrogens is 1. The molecule has 0 radical (unpaired) electrons. The summed E-state index contributed by atoms with van der Waals surface area (Å²) in [4.78, 5) is 14.3. The summed E-state index contributed by atoms with van der Waals surface area (Å²) >= 11 is 3.26. The molecule has 2 aromatic carbocycles. The zero-order valence-electron chi connectivity index (χ0n) is 11.7. The van der Waals surface area contributed by atoms with Crippen molar-refractivity contribution in [3.63, 3.8) is 0 Å². The third kappa shape index (κ3) is 2.59. The van der Waals surface area contributed by atoms with E-state index in [-0.39, 0.29) is 16.9 Å². The fourth-order valence-corrected chi connectivity index (χ4v) is 2.88. The van der Waals surface area contributed by atoms with E-state index in [2.05, 4.69) is 26.1 Å². The third-order valence-corrected chi connectivity index (χ3v) is 4.04. The molecule has 0 bridgehead atoms. The van der Waals surface area contributed by atoms with Crippen LogP contribution in [0.25, 0.3) is 16.5 Å². The van der Waals surface area contributed by atoms with Gasteiger partial charge in [0.25, 0.3) is 0 Å². The Morgan fingerprint density at radius 1 is 1.30 bits per heavy atom. The van der Waals surface area contributed by atoms with Gasteiger partial charge < -0.3 is 10.1 Å². The van der Waals surface area contributed by atoms with Gasteiger partial charge in [-0.3, -0.25) is 0 Å². The molecule has 0 saturated carbocycles. The van der Waals surface area contributed by atoms with E-state index in [9.17, 15) is 14.5 Å². The van der Waals surface area contributed by atoms with Gasteiger partial charge in [-0.05, 0) is 23.4 Å². The summed E-state index contributed by atoms with van der Waals surface area (Å²) in [6.45, 7) is 0. The summed E-state index contributed by atoms with van der Waals surface area (Å²) in [6, 6.07) is 12.0. The summed E-state index contributed by atoms with van der Waals surface area (Å²) in [5.41, 5.74) is 3.55. The third-order valence-electron chi connectivity index (χ3n) is 3.54. The lowest BCUT2D eigenvalue weighted by molar-refractivity contribution is 0.476. The van der Waals surface area contributed by atoms with E-state index in [1.807, 2.05) is 6.07 Å². The van der Waals surface area contributed by atoms with Gasteiger partial charge in [0.15, 0.2) is 0 Å². The van der Waals surface area contributed by atoms with Crippen molar-refractivity contribution in [3.05, 3.63) is 69.4 Å². The van der Waals surface area contributed by atoms with E-state index >= 15 is 0 Å². The van der Waals surface area contributed by atoms with E-state index in [1.54, 1.807) is 35.9 Å². The molecule has 3 N–H and O–H groups in total. The first-order chi connectivity index (χ1) is 11.2. The Bertz CT molecular complexity index is 921. The highest BCUT2D eigenvalue weighted by molar-refractivity contribution is 9.10. The molecule has 7 heteroatoms. The van der Waals surface area contributed by atoms with Crippen LogP contribution in [-0.2, 0) is 0 Å². The lowest BCUT2D eigenvalue weighted by Crippen LogP contribution is -1.95. The number of nitrogens with zero attached hydrogens (tertiary/aromatic N) is 1. The number of nitroso groups, excluding NO2 is 1. The van der Waals surface area contributed by atoms with Crippen LogP contribution in [-0.4, -0.2) is 10.1 Å². The van der Waals surface area contributed by atoms with Crippen molar-refractivity contribution < 1.29 is 9.59 Å². The molecule has 0 atom stereocenters. The van der Waals surface area contributed by atoms with Gasteiger partial charge in [0.1, 0.15) is 5.69 Å². The first-order valence-corrected chi connectivity index (χ1v) is 7.44. The van der Waals surface area contributed by atoms with Gasteiger partial charge in [-0.1, -0.05) is 40.2 Å². The molecule has 0 fully saturated rings. The first kappa shape index (κ1) is 15.2. The van der Waals surface area contributed by atoms with Crippen LogP contribution in [0.3, 0.4) is 0 Å². The highest BCUT2D eigenvalue weighted by Gasteiger charge is 2.19. The Kier molecular flexibility index (Phi) is 4.12. The predicted octanol–water partition coefficient (Wildman–Crippen LogP) is 5.57. The maximum Gasteiger partial charge on any atom is 0.141 e. The van der Waals surface area contributed by atoms with Crippen molar-refractivity contribution in [2.24, 2.45) is 5.18 Å². The number of rotatable bonds is 4. The number of aliphatic hydroxyl groups is 1. The number of aromatic nitrogens is 1. The van der Waals surface area contributed by atoms with Gasteiger partial charge in [0.05, 0.1) is 17.6 Å². The lowest BCUT2D eigenvalue weighted by Gasteiger charge is -2.10. The number of benzene rings is 2. The number of halogens is 2. The molecule has 116 valence electrons. The molecule has 0 spiro atoms. The number of para-hydroxylation sites is 1. The molecule has 1 aromatic heterocycles. The monoisotopic (exact) mass is 375 g/mol. The quantitative estimate of drug-likeness (QED) is 0.316.